The van der Waals surface area contributed by atoms with E-state index in [-0.39, 0.29) is 0 Å². The van der Waals surface area contributed by atoms with Gasteiger partial charge in [-0.25, -0.2) is 0 Å². The summed E-state index contributed by atoms with van der Waals surface area (Å²) in [6, 6.07) is 2.70. The molecular formula is C21H46ClNSi. The van der Waals surface area contributed by atoms with Gasteiger partial charge in [-0.15, -0.1) is 0 Å². The maximum atomic E-state index is 7.48. The van der Waals surface area contributed by atoms with Crippen molar-refractivity contribution in [1.82, 2.24) is 0 Å². The molecule has 0 aromatic heterocycles. The molecular weight excluding hydrogens is 330 g/mol. The van der Waals surface area contributed by atoms with E-state index in [0.717, 1.165) is 12.1 Å². The monoisotopic (exact) mass is 375 g/mol. The van der Waals surface area contributed by atoms with Gasteiger partial charge in [0.15, 0.2) is 7.38 Å². The lowest BCUT2D eigenvalue weighted by atomic mass is 10.1. The molecule has 24 heavy (non-hydrogen) atoms. The molecule has 0 bridgehead atoms. The Morgan fingerprint density at radius 1 is 0.667 bits per heavy atom. The first kappa shape index (κ1) is 24.5. The second-order valence-electron chi connectivity index (χ2n) is 7.78. The van der Waals surface area contributed by atoms with Crippen molar-refractivity contribution in [3.05, 3.63) is 0 Å². The summed E-state index contributed by atoms with van der Waals surface area (Å²) in [7, 11) is -1.65. The number of halogens is 1. The zero-order chi connectivity index (χ0) is 18.1. The molecule has 1 nitrogen and oxygen atoms in total. The highest BCUT2D eigenvalue weighted by atomic mass is 35.6. The molecule has 0 fully saturated rings. The Morgan fingerprint density at radius 2 is 1.12 bits per heavy atom. The molecule has 0 rings (SSSR count). The fourth-order valence-corrected chi connectivity index (χ4v) is 9.53. The molecule has 0 aliphatic carbocycles. The van der Waals surface area contributed by atoms with E-state index >= 15 is 0 Å². The van der Waals surface area contributed by atoms with Crippen LogP contribution in [0.25, 0.3) is 0 Å². The molecule has 1 unspecified atom stereocenters. The SMILES string of the molecule is CCCCCC[Si](Cl)(CCCCCC)C(CCCN)CCCCC. The van der Waals surface area contributed by atoms with Gasteiger partial charge in [0.05, 0.1) is 0 Å². The molecule has 0 aromatic rings. The van der Waals surface area contributed by atoms with E-state index < -0.39 is 7.38 Å². The minimum Gasteiger partial charge on any atom is -0.330 e. The van der Waals surface area contributed by atoms with E-state index in [0.29, 0.717) is 0 Å². The molecule has 3 heteroatoms. The van der Waals surface area contributed by atoms with Gasteiger partial charge in [0.25, 0.3) is 0 Å². The molecule has 0 amide bonds. The third-order valence-electron chi connectivity index (χ3n) is 5.54. The summed E-state index contributed by atoms with van der Waals surface area (Å²) in [5, 5.41) is 0. The van der Waals surface area contributed by atoms with Gasteiger partial charge in [-0.05, 0) is 30.6 Å². The number of unbranched alkanes of at least 4 members (excludes halogenated alkanes) is 8. The molecule has 1 atom stereocenters. The van der Waals surface area contributed by atoms with Crippen LogP contribution in [0.3, 0.4) is 0 Å². The number of rotatable bonds is 18. The first-order valence-corrected chi connectivity index (χ1v) is 14.5. The summed E-state index contributed by atoms with van der Waals surface area (Å²) in [4.78, 5) is 0. The number of hydrogen-bond acceptors (Lipinski definition) is 1. The number of nitrogens with two attached hydrogens (primary N) is 1. The van der Waals surface area contributed by atoms with Crippen LogP contribution in [0.2, 0.25) is 17.6 Å². The van der Waals surface area contributed by atoms with Gasteiger partial charge in [-0.3, -0.25) is 0 Å². The van der Waals surface area contributed by atoms with Crippen LogP contribution in [0.4, 0.5) is 0 Å². The normalized spacial score (nSPS) is 13.4. The molecule has 0 radical (unpaired) electrons. The molecule has 0 aliphatic rings. The van der Waals surface area contributed by atoms with Crippen molar-refractivity contribution in [2.24, 2.45) is 5.73 Å². The fraction of sp³-hybridized carbons (Fsp3) is 1.00. The summed E-state index contributed by atoms with van der Waals surface area (Å²) >= 11 is 7.48. The molecule has 0 saturated heterocycles. The minimum absolute atomic E-state index is 0.803. The third-order valence-corrected chi connectivity index (χ3v) is 12.0. The zero-order valence-corrected chi connectivity index (χ0v) is 18.8. The average molecular weight is 376 g/mol. The molecule has 0 heterocycles. The summed E-state index contributed by atoms with van der Waals surface area (Å²) < 4.78 is 0. The Morgan fingerprint density at radius 3 is 1.58 bits per heavy atom. The van der Waals surface area contributed by atoms with Crippen molar-refractivity contribution in [2.45, 2.75) is 128 Å². The molecule has 0 aromatic carbocycles. The van der Waals surface area contributed by atoms with Crippen LogP contribution < -0.4 is 5.73 Å². The summed E-state index contributed by atoms with van der Waals surface area (Å²) in [5.74, 6) is 0. The van der Waals surface area contributed by atoms with Crippen LogP contribution in [-0.2, 0) is 0 Å². The van der Waals surface area contributed by atoms with Gasteiger partial charge in [-0.1, -0.05) is 104 Å². The maximum absolute atomic E-state index is 7.48. The largest absolute Gasteiger partial charge is 0.330 e. The van der Waals surface area contributed by atoms with Crippen LogP contribution in [0.15, 0.2) is 0 Å². The maximum Gasteiger partial charge on any atom is 0.159 e. The van der Waals surface area contributed by atoms with Gasteiger partial charge >= 0.3 is 0 Å². The topological polar surface area (TPSA) is 26.0 Å². The first-order chi connectivity index (χ1) is 11.6. The average Bonchev–Trinajstić information content (AvgIpc) is 2.59. The Kier molecular flexibility index (Phi) is 17.2. The fourth-order valence-electron chi connectivity index (χ4n) is 3.89. The highest BCUT2D eigenvalue weighted by Gasteiger charge is 2.37. The van der Waals surface area contributed by atoms with E-state index in [1.807, 2.05) is 0 Å². The van der Waals surface area contributed by atoms with Crippen LogP contribution in [0, 0.1) is 0 Å². The third kappa shape index (κ3) is 11.9. The molecule has 0 saturated carbocycles. The molecule has 0 aliphatic heterocycles. The summed E-state index contributed by atoms with van der Waals surface area (Å²) in [6.45, 7) is 7.73. The van der Waals surface area contributed by atoms with Crippen molar-refractivity contribution in [2.75, 3.05) is 6.54 Å². The zero-order valence-electron chi connectivity index (χ0n) is 17.1. The van der Waals surface area contributed by atoms with Crippen molar-refractivity contribution in [3.8, 4) is 0 Å². The van der Waals surface area contributed by atoms with Gasteiger partial charge < -0.3 is 5.73 Å². The lowest BCUT2D eigenvalue weighted by molar-refractivity contribution is 0.570. The smallest absolute Gasteiger partial charge is 0.159 e. The lowest BCUT2D eigenvalue weighted by Crippen LogP contribution is -2.34. The van der Waals surface area contributed by atoms with E-state index in [1.165, 1.54) is 102 Å². The summed E-state index contributed by atoms with van der Waals surface area (Å²) in [5.41, 5.74) is 6.63. The second-order valence-corrected chi connectivity index (χ2v) is 13.9. The number of hydrogen-bond donors (Lipinski definition) is 1. The van der Waals surface area contributed by atoms with Crippen LogP contribution in [-0.4, -0.2) is 13.9 Å². The second kappa shape index (κ2) is 16.9. The highest BCUT2D eigenvalue weighted by Crippen LogP contribution is 2.43. The van der Waals surface area contributed by atoms with Crippen LogP contribution in [0.1, 0.15) is 111 Å². The first-order valence-electron chi connectivity index (χ1n) is 11.0. The Hall–Kier alpha value is 0.467. The minimum atomic E-state index is -1.65. The summed E-state index contributed by atoms with van der Waals surface area (Å²) in [6.07, 6.45) is 18.8. The highest BCUT2D eigenvalue weighted by molar-refractivity contribution is 7.21. The van der Waals surface area contributed by atoms with E-state index in [9.17, 15) is 0 Å². The van der Waals surface area contributed by atoms with E-state index in [2.05, 4.69) is 20.8 Å². The van der Waals surface area contributed by atoms with Crippen molar-refractivity contribution in [3.63, 3.8) is 0 Å². The Balaban J connectivity index is 4.72. The van der Waals surface area contributed by atoms with Crippen LogP contribution in [0.5, 0.6) is 0 Å². The molecule has 146 valence electrons. The predicted molar refractivity (Wildman–Crippen MR) is 116 cm³/mol. The molecule has 2 N–H and O–H groups in total. The Bertz CT molecular complexity index is 248. The van der Waals surface area contributed by atoms with Gasteiger partial charge in [-0.2, -0.15) is 11.1 Å². The standard InChI is InChI=1S/C21H46ClNSi/c1-4-7-10-13-19-24(22,20-14-11-8-5-2)21(17-15-18-23)16-12-9-6-3/h21H,4-20,23H2,1-3H3. The van der Waals surface area contributed by atoms with Crippen molar-refractivity contribution >= 4 is 18.5 Å². The van der Waals surface area contributed by atoms with Crippen LogP contribution >= 0.6 is 11.1 Å². The molecule has 0 spiro atoms. The quantitative estimate of drug-likeness (QED) is 0.146. The van der Waals surface area contributed by atoms with Gasteiger partial charge in [0.2, 0.25) is 0 Å². The van der Waals surface area contributed by atoms with Gasteiger partial charge in [0, 0.05) is 0 Å². The van der Waals surface area contributed by atoms with Crippen molar-refractivity contribution in [1.29, 1.82) is 0 Å². The predicted octanol–water partition coefficient (Wildman–Crippen LogP) is 8.02. The van der Waals surface area contributed by atoms with E-state index in [1.54, 1.807) is 0 Å². The van der Waals surface area contributed by atoms with E-state index in [4.69, 9.17) is 16.8 Å². The Labute approximate surface area is 159 Å². The van der Waals surface area contributed by atoms with Crippen molar-refractivity contribution < 1.29 is 0 Å². The lowest BCUT2D eigenvalue weighted by Gasteiger charge is -2.34. The van der Waals surface area contributed by atoms with Gasteiger partial charge in [0.1, 0.15) is 0 Å².